The Kier molecular flexibility index (Phi) is 5.78. The summed E-state index contributed by atoms with van der Waals surface area (Å²) < 4.78 is 28.5. The molecular weight excluding hydrogens is 288 g/mol. The van der Waals surface area contributed by atoms with Crippen LogP contribution in [0.1, 0.15) is 33.1 Å². The molecule has 0 radical (unpaired) electrons. The molecule has 2 heterocycles. The van der Waals surface area contributed by atoms with Crippen molar-refractivity contribution in [2.24, 2.45) is 5.92 Å². The van der Waals surface area contributed by atoms with Gasteiger partial charge >= 0.3 is 0 Å². The predicted molar refractivity (Wildman–Crippen MR) is 82.5 cm³/mol. The van der Waals surface area contributed by atoms with Crippen molar-refractivity contribution in [3.05, 3.63) is 12.4 Å². The largest absolute Gasteiger partial charge is 0.315 e. The van der Waals surface area contributed by atoms with Crippen molar-refractivity contribution < 1.29 is 8.42 Å². The molecule has 120 valence electrons. The van der Waals surface area contributed by atoms with Gasteiger partial charge in [-0.25, -0.2) is 8.42 Å². The van der Waals surface area contributed by atoms with Crippen LogP contribution in [0.25, 0.3) is 0 Å². The lowest BCUT2D eigenvalue weighted by Crippen LogP contribution is -2.38. The summed E-state index contributed by atoms with van der Waals surface area (Å²) in [6.07, 6.45) is 6.24. The van der Waals surface area contributed by atoms with Gasteiger partial charge in [-0.05, 0) is 31.7 Å². The van der Waals surface area contributed by atoms with Gasteiger partial charge in [0.05, 0.1) is 12.7 Å². The number of nitrogens with one attached hydrogen (secondary N) is 1. The Morgan fingerprint density at radius 2 is 2.24 bits per heavy atom. The Morgan fingerprint density at radius 1 is 1.43 bits per heavy atom. The molecular formula is C14H26N4O2S. The van der Waals surface area contributed by atoms with Gasteiger partial charge in [-0.1, -0.05) is 13.8 Å². The van der Waals surface area contributed by atoms with E-state index in [4.69, 9.17) is 0 Å². The normalized spacial score (nSPS) is 20.8. The maximum atomic E-state index is 12.6. The summed E-state index contributed by atoms with van der Waals surface area (Å²) >= 11 is 0. The average molecular weight is 314 g/mol. The van der Waals surface area contributed by atoms with E-state index in [9.17, 15) is 8.42 Å². The van der Waals surface area contributed by atoms with E-state index < -0.39 is 10.0 Å². The Balaban J connectivity index is 1.98. The summed E-state index contributed by atoms with van der Waals surface area (Å²) in [5.74, 6) is 0.432. The van der Waals surface area contributed by atoms with E-state index in [1.54, 1.807) is 15.2 Å². The third-order valence-corrected chi connectivity index (χ3v) is 5.63. The third kappa shape index (κ3) is 4.28. The Labute approximate surface area is 127 Å². The highest BCUT2D eigenvalue weighted by molar-refractivity contribution is 7.89. The van der Waals surface area contributed by atoms with E-state index >= 15 is 0 Å². The zero-order valence-corrected chi connectivity index (χ0v) is 13.8. The van der Waals surface area contributed by atoms with Crippen molar-refractivity contribution in [3.63, 3.8) is 0 Å². The van der Waals surface area contributed by atoms with Gasteiger partial charge in [0.25, 0.3) is 0 Å². The molecule has 0 amide bonds. The maximum Gasteiger partial charge on any atom is 0.246 e. The molecule has 1 saturated heterocycles. The fourth-order valence-corrected chi connectivity index (χ4v) is 4.16. The third-order valence-electron chi connectivity index (χ3n) is 3.81. The smallest absolute Gasteiger partial charge is 0.246 e. The lowest BCUT2D eigenvalue weighted by Gasteiger charge is -2.29. The van der Waals surface area contributed by atoms with Gasteiger partial charge in [0.15, 0.2) is 0 Å². The first-order valence-electron chi connectivity index (χ1n) is 7.77. The highest BCUT2D eigenvalue weighted by atomic mass is 32.2. The Bertz CT molecular complexity index is 541. The molecule has 1 aliphatic rings. The standard InChI is InChI=1S/C14H26N4O2S/c1-3-6-15-7-9-17-12-14(10-16-17)21(19,20)18-8-4-5-13(2)11-18/h10,12-13,15H,3-9,11H2,1-2H3. The van der Waals surface area contributed by atoms with Crippen molar-refractivity contribution in [3.8, 4) is 0 Å². The molecule has 0 aromatic carbocycles. The molecule has 0 saturated carbocycles. The molecule has 1 unspecified atom stereocenters. The summed E-state index contributed by atoms with van der Waals surface area (Å²) in [6.45, 7) is 7.91. The summed E-state index contributed by atoms with van der Waals surface area (Å²) in [4.78, 5) is 0.312. The number of aromatic nitrogens is 2. The highest BCUT2D eigenvalue weighted by Crippen LogP contribution is 2.22. The summed E-state index contributed by atoms with van der Waals surface area (Å²) in [5, 5.41) is 7.44. The van der Waals surface area contributed by atoms with Crippen LogP contribution >= 0.6 is 0 Å². The number of hydrogen-bond donors (Lipinski definition) is 1. The minimum Gasteiger partial charge on any atom is -0.315 e. The Morgan fingerprint density at radius 3 is 2.95 bits per heavy atom. The van der Waals surface area contributed by atoms with Crippen LogP contribution in [0.2, 0.25) is 0 Å². The van der Waals surface area contributed by atoms with E-state index in [2.05, 4.69) is 24.3 Å². The van der Waals surface area contributed by atoms with Crippen LogP contribution in [0.15, 0.2) is 17.3 Å². The zero-order valence-electron chi connectivity index (χ0n) is 13.0. The van der Waals surface area contributed by atoms with Crippen LogP contribution in [0.5, 0.6) is 0 Å². The highest BCUT2D eigenvalue weighted by Gasteiger charge is 2.29. The van der Waals surface area contributed by atoms with Crippen LogP contribution < -0.4 is 5.32 Å². The van der Waals surface area contributed by atoms with Gasteiger partial charge in [0, 0.05) is 25.8 Å². The van der Waals surface area contributed by atoms with Crippen LogP contribution in [0, 0.1) is 5.92 Å². The molecule has 1 N–H and O–H groups in total. The van der Waals surface area contributed by atoms with Gasteiger partial charge in [0.2, 0.25) is 10.0 Å². The minimum absolute atomic E-state index is 0.312. The van der Waals surface area contributed by atoms with Gasteiger partial charge in [-0.2, -0.15) is 9.40 Å². The lowest BCUT2D eigenvalue weighted by atomic mass is 10.0. The van der Waals surface area contributed by atoms with E-state index in [-0.39, 0.29) is 0 Å². The number of rotatable bonds is 7. The fraction of sp³-hybridized carbons (Fsp3) is 0.786. The lowest BCUT2D eigenvalue weighted by molar-refractivity contribution is 0.281. The van der Waals surface area contributed by atoms with Crippen molar-refractivity contribution in [2.75, 3.05) is 26.2 Å². The van der Waals surface area contributed by atoms with E-state index in [1.807, 2.05) is 0 Å². The van der Waals surface area contributed by atoms with Crippen LogP contribution in [-0.4, -0.2) is 48.7 Å². The molecule has 0 bridgehead atoms. The van der Waals surface area contributed by atoms with Crippen molar-refractivity contribution in [1.82, 2.24) is 19.4 Å². The number of piperidine rings is 1. The van der Waals surface area contributed by atoms with E-state index in [0.717, 1.165) is 32.4 Å². The monoisotopic (exact) mass is 314 g/mol. The molecule has 1 fully saturated rings. The predicted octanol–water partition coefficient (Wildman–Crippen LogP) is 1.30. The minimum atomic E-state index is -3.38. The van der Waals surface area contributed by atoms with Crippen molar-refractivity contribution in [1.29, 1.82) is 0 Å². The molecule has 21 heavy (non-hydrogen) atoms. The second-order valence-corrected chi connectivity index (χ2v) is 7.74. The molecule has 1 aromatic rings. The molecule has 6 nitrogen and oxygen atoms in total. The van der Waals surface area contributed by atoms with Gasteiger partial charge in [-0.15, -0.1) is 0 Å². The molecule has 1 aromatic heterocycles. The van der Waals surface area contributed by atoms with Crippen LogP contribution in [-0.2, 0) is 16.6 Å². The zero-order chi connectivity index (χ0) is 15.3. The van der Waals surface area contributed by atoms with Crippen molar-refractivity contribution in [2.45, 2.75) is 44.6 Å². The van der Waals surface area contributed by atoms with Crippen LogP contribution in [0.3, 0.4) is 0 Å². The second kappa shape index (κ2) is 7.38. The quantitative estimate of drug-likeness (QED) is 0.771. The SMILES string of the molecule is CCCNCCn1cc(S(=O)(=O)N2CCCC(C)C2)cn1. The van der Waals surface area contributed by atoms with Crippen LogP contribution in [0.4, 0.5) is 0 Å². The molecule has 0 aliphatic carbocycles. The fourth-order valence-electron chi connectivity index (χ4n) is 2.61. The first-order chi connectivity index (χ1) is 10.0. The Hall–Kier alpha value is -0.920. The molecule has 1 aliphatic heterocycles. The maximum absolute atomic E-state index is 12.6. The summed E-state index contributed by atoms with van der Waals surface area (Å²) in [5.41, 5.74) is 0. The number of hydrogen-bond acceptors (Lipinski definition) is 4. The van der Waals surface area contributed by atoms with Gasteiger partial charge in [-0.3, -0.25) is 4.68 Å². The molecule has 0 spiro atoms. The first-order valence-corrected chi connectivity index (χ1v) is 9.21. The first kappa shape index (κ1) is 16.5. The topological polar surface area (TPSA) is 67.2 Å². The van der Waals surface area contributed by atoms with Gasteiger partial charge in [0.1, 0.15) is 4.90 Å². The summed E-state index contributed by atoms with van der Waals surface area (Å²) in [6, 6.07) is 0. The molecule has 7 heteroatoms. The van der Waals surface area contributed by atoms with E-state index in [1.165, 1.54) is 6.20 Å². The average Bonchev–Trinajstić information content (AvgIpc) is 2.93. The van der Waals surface area contributed by atoms with Crippen molar-refractivity contribution >= 4 is 10.0 Å². The summed E-state index contributed by atoms with van der Waals surface area (Å²) in [7, 11) is -3.38. The van der Waals surface area contributed by atoms with E-state index in [0.29, 0.717) is 30.4 Å². The number of nitrogens with zero attached hydrogens (tertiary/aromatic N) is 3. The van der Waals surface area contributed by atoms with Gasteiger partial charge < -0.3 is 5.32 Å². The molecule has 2 rings (SSSR count). The number of sulfonamides is 1. The second-order valence-electron chi connectivity index (χ2n) is 5.80. The molecule has 1 atom stereocenters.